The van der Waals surface area contributed by atoms with Crippen LogP contribution in [0.2, 0.25) is 0 Å². The van der Waals surface area contributed by atoms with Crippen molar-refractivity contribution in [3.8, 4) is 64.4 Å². The van der Waals surface area contributed by atoms with E-state index in [1.165, 1.54) is 76.2 Å². The summed E-state index contributed by atoms with van der Waals surface area (Å²) in [6.45, 7) is 13.8. The van der Waals surface area contributed by atoms with Gasteiger partial charge in [-0.2, -0.15) is 0 Å². The quantitative estimate of drug-likeness (QED) is 0.0234. The van der Waals surface area contributed by atoms with Gasteiger partial charge < -0.3 is 18.9 Å². The van der Waals surface area contributed by atoms with Crippen LogP contribution in [0.3, 0.4) is 0 Å². The smallest absolute Gasteiger partial charge is 0.330 e. The van der Waals surface area contributed by atoms with E-state index in [9.17, 15) is 9.59 Å². The number of fused-ring (bicyclic) bond motifs is 3. The number of benzene rings is 4. The Bertz CT molecular complexity index is 2460. The molecule has 0 N–H and O–H groups in total. The molecule has 2 heterocycles. The Morgan fingerprint density at radius 2 is 0.866 bits per heavy atom. The fourth-order valence-electron chi connectivity index (χ4n) is 8.92. The SMILES string of the molecule is C=C/C=C/C(=O)OCCCCCOc1ccc(-c2ccc(-c3ccc4c(c3)C(CCC)(CCC)c3cc(-c5ccc(-c6ccc(OCCCCCOC(=O)/C=C/C=C)cc6)s5)ccc3-4)s2)cc1. The van der Waals surface area contributed by atoms with E-state index < -0.39 is 0 Å². The first-order valence-corrected chi connectivity index (χ1v) is 25.4. The lowest BCUT2D eigenvalue weighted by atomic mass is 9.71. The molecule has 0 amide bonds. The number of ether oxygens (including phenoxy) is 4. The Kier molecular flexibility index (Phi) is 17.8. The number of rotatable bonds is 26. The van der Waals surface area contributed by atoms with E-state index in [0.29, 0.717) is 26.4 Å². The van der Waals surface area contributed by atoms with Gasteiger partial charge in [0.2, 0.25) is 0 Å². The second-order valence-corrected chi connectivity index (χ2v) is 19.0. The second-order valence-electron chi connectivity index (χ2n) is 16.8. The second kappa shape index (κ2) is 24.5. The average Bonchev–Trinajstić information content (AvgIpc) is 4.11. The molecule has 7 rings (SSSR count). The molecule has 6 aromatic rings. The van der Waals surface area contributed by atoms with Crippen LogP contribution in [0.5, 0.6) is 11.5 Å². The number of carbonyl (C=O) groups is 2. The third kappa shape index (κ3) is 12.6. The summed E-state index contributed by atoms with van der Waals surface area (Å²) >= 11 is 3.68. The Balaban J connectivity index is 0.973. The van der Waals surface area contributed by atoms with Gasteiger partial charge in [-0.1, -0.05) is 88.4 Å². The largest absolute Gasteiger partial charge is 0.494 e. The van der Waals surface area contributed by atoms with Crippen LogP contribution in [-0.4, -0.2) is 38.4 Å². The van der Waals surface area contributed by atoms with Crippen LogP contribution in [0.1, 0.15) is 89.2 Å². The van der Waals surface area contributed by atoms with Gasteiger partial charge in [-0.3, -0.25) is 0 Å². The zero-order valence-electron chi connectivity index (χ0n) is 38.9. The molecule has 4 aromatic carbocycles. The maximum Gasteiger partial charge on any atom is 0.330 e. The van der Waals surface area contributed by atoms with Gasteiger partial charge in [-0.25, -0.2) is 9.59 Å². The van der Waals surface area contributed by atoms with Gasteiger partial charge in [-0.15, -0.1) is 22.7 Å². The highest BCUT2D eigenvalue weighted by Gasteiger charge is 2.42. The van der Waals surface area contributed by atoms with Crippen molar-refractivity contribution in [2.75, 3.05) is 26.4 Å². The first-order valence-electron chi connectivity index (χ1n) is 23.7. The van der Waals surface area contributed by atoms with E-state index in [2.05, 4.69) is 136 Å². The van der Waals surface area contributed by atoms with Crippen molar-refractivity contribution in [1.82, 2.24) is 0 Å². The van der Waals surface area contributed by atoms with E-state index in [1.807, 2.05) is 22.7 Å². The minimum Gasteiger partial charge on any atom is -0.494 e. The summed E-state index contributed by atoms with van der Waals surface area (Å²) in [7, 11) is 0. The fourth-order valence-corrected chi connectivity index (χ4v) is 10.9. The van der Waals surface area contributed by atoms with Crippen molar-refractivity contribution in [1.29, 1.82) is 0 Å². The Labute approximate surface area is 405 Å². The Morgan fingerprint density at radius 3 is 1.25 bits per heavy atom. The molecule has 0 aliphatic heterocycles. The van der Waals surface area contributed by atoms with Crippen molar-refractivity contribution < 1.29 is 28.5 Å². The number of hydrogen-bond donors (Lipinski definition) is 0. The van der Waals surface area contributed by atoms with Gasteiger partial charge in [0.1, 0.15) is 11.5 Å². The average molecular weight is 931 g/mol. The van der Waals surface area contributed by atoms with Gasteiger partial charge in [0, 0.05) is 37.1 Å². The van der Waals surface area contributed by atoms with Gasteiger partial charge in [0.05, 0.1) is 26.4 Å². The third-order valence-corrected chi connectivity index (χ3v) is 14.5. The molecular weight excluding hydrogens is 869 g/mol. The van der Waals surface area contributed by atoms with E-state index in [1.54, 1.807) is 24.3 Å². The molecule has 346 valence electrons. The predicted octanol–water partition coefficient (Wildman–Crippen LogP) is 16.0. The van der Waals surface area contributed by atoms with Crippen LogP contribution >= 0.6 is 22.7 Å². The van der Waals surface area contributed by atoms with Crippen molar-refractivity contribution in [3.05, 3.63) is 170 Å². The molecule has 8 heteroatoms. The first kappa shape index (κ1) is 48.7. The molecule has 0 fully saturated rings. The minimum absolute atomic E-state index is 0.0442. The summed E-state index contributed by atoms with van der Waals surface area (Å²) in [5.74, 6) is 1.05. The Morgan fingerprint density at radius 1 is 0.493 bits per heavy atom. The van der Waals surface area contributed by atoms with E-state index >= 15 is 0 Å². The van der Waals surface area contributed by atoms with Gasteiger partial charge in [0.15, 0.2) is 0 Å². The highest BCUT2D eigenvalue weighted by molar-refractivity contribution is 7.19. The Hall–Kier alpha value is -6.22. The maximum absolute atomic E-state index is 11.6. The maximum atomic E-state index is 11.6. The van der Waals surface area contributed by atoms with Crippen LogP contribution in [0, 0.1) is 0 Å². The van der Waals surface area contributed by atoms with Crippen LogP contribution in [0.4, 0.5) is 0 Å². The zero-order chi connectivity index (χ0) is 46.9. The summed E-state index contributed by atoms with van der Waals surface area (Å²) < 4.78 is 22.4. The lowest BCUT2D eigenvalue weighted by Gasteiger charge is -2.32. The molecule has 0 radical (unpaired) electrons. The molecule has 0 saturated heterocycles. The molecule has 0 spiro atoms. The number of allylic oxidation sites excluding steroid dienone is 4. The normalized spacial score (nSPS) is 12.5. The number of esters is 2. The van der Waals surface area contributed by atoms with Crippen molar-refractivity contribution in [2.24, 2.45) is 0 Å². The first-order chi connectivity index (χ1) is 32.8. The van der Waals surface area contributed by atoms with E-state index in [-0.39, 0.29) is 17.4 Å². The molecular formula is C59H62O6S2. The number of thiophene rings is 2. The fraction of sp³-hybridized carbons (Fsp3) is 0.288. The van der Waals surface area contributed by atoms with Crippen LogP contribution in [0.25, 0.3) is 52.9 Å². The van der Waals surface area contributed by atoms with Gasteiger partial charge >= 0.3 is 11.9 Å². The van der Waals surface area contributed by atoms with Crippen molar-refractivity contribution in [2.45, 2.75) is 83.5 Å². The van der Waals surface area contributed by atoms with E-state index in [0.717, 1.165) is 75.7 Å². The standard InChI is InChI=1S/C59H62O6S2/c1-5-9-17-57(60)64-39-15-11-13-37-62-47-25-19-43(20-26-47)53-31-33-55(66-53)45-23-29-49-50-30-24-46(42-52(50)59(35-7-3,36-8-4)51(49)41-45)56-34-32-54(67-56)44-21-27-48(28-22-44)63-38-14-12-16-40-65-58(61)18-10-6-2/h5-6,9-10,17-34,41-42H,1-2,7-8,11-16,35-40H2,3-4H3/b17-9+,18-10+. The molecule has 2 aromatic heterocycles. The number of hydrogen-bond acceptors (Lipinski definition) is 8. The summed E-state index contributed by atoms with van der Waals surface area (Å²) in [6.07, 6.45) is 18.7. The van der Waals surface area contributed by atoms with Crippen LogP contribution in [0.15, 0.2) is 159 Å². The number of unbranched alkanes of at least 4 members (excludes halogenated alkanes) is 4. The molecule has 0 atom stereocenters. The minimum atomic E-state index is -0.336. The van der Waals surface area contributed by atoms with Crippen LogP contribution < -0.4 is 9.47 Å². The summed E-state index contributed by atoms with van der Waals surface area (Å²) in [5, 5.41) is 0. The lowest BCUT2D eigenvalue weighted by molar-refractivity contribution is -0.138. The van der Waals surface area contributed by atoms with Crippen molar-refractivity contribution >= 4 is 34.6 Å². The third-order valence-electron chi connectivity index (χ3n) is 12.1. The predicted molar refractivity (Wildman–Crippen MR) is 279 cm³/mol. The monoisotopic (exact) mass is 930 g/mol. The molecule has 6 nitrogen and oxygen atoms in total. The number of carbonyl (C=O) groups excluding carboxylic acids is 2. The molecule has 1 aliphatic rings. The molecule has 0 unspecified atom stereocenters. The summed E-state index contributed by atoms with van der Waals surface area (Å²) in [4.78, 5) is 28.2. The van der Waals surface area contributed by atoms with Crippen molar-refractivity contribution in [3.63, 3.8) is 0 Å². The van der Waals surface area contributed by atoms with E-state index in [4.69, 9.17) is 18.9 Å². The lowest BCUT2D eigenvalue weighted by Crippen LogP contribution is -2.25. The van der Waals surface area contributed by atoms with Gasteiger partial charge in [0.25, 0.3) is 0 Å². The summed E-state index contributed by atoms with van der Waals surface area (Å²) in [5.41, 5.74) is 10.5. The molecule has 0 bridgehead atoms. The molecule has 0 saturated carbocycles. The highest BCUT2D eigenvalue weighted by atomic mass is 32.1. The zero-order valence-corrected chi connectivity index (χ0v) is 40.6. The topological polar surface area (TPSA) is 71.1 Å². The molecule has 67 heavy (non-hydrogen) atoms. The molecule has 1 aliphatic carbocycles. The summed E-state index contributed by atoms with van der Waals surface area (Å²) in [6, 6.07) is 40.2. The van der Waals surface area contributed by atoms with Gasteiger partial charge in [-0.05, 0) is 181 Å². The van der Waals surface area contributed by atoms with Crippen LogP contribution in [-0.2, 0) is 24.5 Å². The highest BCUT2D eigenvalue weighted by Crippen LogP contribution is 2.56.